The summed E-state index contributed by atoms with van der Waals surface area (Å²) in [6.07, 6.45) is 1.97. The summed E-state index contributed by atoms with van der Waals surface area (Å²) in [6.45, 7) is 0.486. The molecule has 0 unspecified atom stereocenters. The minimum atomic E-state index is -3.15. The summed E-state index contributed by atoms with van der Waals surface area (Å²) in [4.78, 5) is 0. The molecular weight excluding hydrogens is 290 g/mol. The van der Waals surface area contributed by atoms with Crippen LogP contribution in [0.1, 0.15) is 18.4 Å². The van der Waals surface area contributed by atoms with Crippen LogP contribution in [0, 0.1) is 0 Å². The summed E-state index contributed by atoms with van der Waals surface area (Å²) >= 11 is 3.05. The Labute approximate surface area is 105 Å². The normalized spacial score (nSPS) is 16.6. The zero-order valence-corrected chi connectivity index (χ0v) is 11.2. The van der Waals surface area contributed by atoms with Crippen molar-refractivity contribution in [2.45, 2.75) is 25.4 Å². The van der Waals surface area contributed by atoms with Crippen molar-refractivity contribution in [3.8, 4) is 0 Å². The molecule has 16 heavy (non-hydrogen) atoms. The van der Waals surface area contributed by atoms with Crippen LogP contribution in [0.5, 0.6) is 0 Å². The molecule has 2 rings (SSSR count). The Hall–Kier alpha value is -0.390. The van der Waals surface area contributed by atoms with Crippen molar-refractivity contribution in [1.82, 2.24) is 4.31 Å². The zero-order valence-electron chi connectivity index (χ0n) is 8.84. The Morgan fingerprint density at radius 1 is 1.25 bits per heavy atom. The first-order valence-electron chi connectivity index (χ1n) is 5.23. The van der Waals surface area contributed by atoms with Crippen LogP contribution in [0.3, 0.4) is 0 Å². The van der Waals surface area contributed by atoms with E-state index in [2.05, 4.69) is 15.9 Å². The minimum absolute atomic E-state index is 0.00331. The molecule has 0 aliphatic heterocycles. The molecule has 0 atom stereocenters. The van der Waals surface area contributed by atoms with Gasteiger partial charge in [-0.3, -0.25) is 0 Å². The van der Waals surface area contributed by atoms with Gasteiger partial charge in [-0.25, -0.2) is 8.42 Å². The molecule has 0 spiro atoms. The van der Waals surface area contributed by atoms with Gasteiger partial charge in [0.15, 0.2) is 0 Å². The number of hydrogen-bond donors (Lipinski definition) is 0. The highest BCUT2D eigenvalue weighted by Gasteiger charge is 2.36. The predicted molar refractivity (Wildman–Crippen MR) is 67.7 cm³/mol. The lowest BCUT2D eigenvalue weighted by Crippen LogP contribution is -2.33. The van der Waals surface area contributed by atoms with E-state index in [1.165, 1.54) is 0 Å². The molecular formula is C11H14BrNO2S. The molecule has 1 aliphatic carbocycles. The molecule has 0 heterocycles. The molecule has 0 amide bonds. The Kier molecular flexibility index (Phi) is 3.66. The quantitative estimate of drug-likeness (QED) is 0.783. The van der Waals surface area contributed by atoms with Gasteiger partial charge in [0.25, 0.3) is 0 Å². The van der Waals surface area contributed by atoms with E-state index in [9.17, 15) is 8.42 Å². The third-order valence-corrected chi connectivity index (χ3v) is 5.78. The number of benzene rings is 1. The van der Waals surface area contributed by atoms with Crippen LogP contribution < -0.4 is 0 Å². The minimum Gasteiger partial charge on any atom is -0.211 e. The van der Waals surface area contributed by atoms with E-state index in [1.54, 1.807) is 4.31 Å². The van der Waals surface area contributed by atoms with Crippen LogP contribution in [0.15, 0.2) is 30.3 Å². The molecule has 1 aromatic rings. The molecule has 0 N–H and O–H groups in total. The van der Waals surface area contributed by atoms with Gasteiger partial charge in [-0.05, 0) is 18.4 Å². The molecule has 0 saturated heterocycles. The maximum absolute atomic E-state index is 11.9. The summed E-state index contributed by atoms with van der Waals surface area (Å²) in [7, 11) is -3.15. The summed E-state index contributed by atoms with van der Waals surface area (Å²) in [5.41, 5.74) is 1.04. The van der Waals surface area contributed by atoms with Gasteiger partial charge in [-0.1, -0.05) is 46.3 Å². The molecule has 88 valence electrons. The van der Waals surface area contributed by atoms with Gasteiger partial charge in [0.2, 0.25) is 10.0 Å². The predicted octanol–water partition coefficient (Wildman–Crippen LogP) is 2.33. The van der Waals surface area contributed by atoms with E-state index in [0.29, 0.717) is 6.54 Å². The number of sulfonamides is 1. The molecule has 0 aromatic heterocycles. The second-order valence-electron chi connectivity index (χ2n) is 3.98. The van der Waals surface area contributed by atoms with Crippen molar-refractivity contribution in [2.75, 3.05) is 4.66 Å². The number of nitrogens with zero attached hydrogens (tertiary/aromatic N) is 1. The van der Waals surface area contributed by atoms with Crippen LogP contribution in [0.4, 0.5) is 0 Å². The molecule has 3 nitrogen and oxygen atoms in total. The Bertz CT molecular complexity index is 442. The molecule has 5 heteroatoms. The third-order valence-electron chi connectivity index (χ3n) is 2.63. The lowest BCUT2D eigenvalue weighted by atomic mass is 10.2. The zero-order chi connectivity index (χ0) is 11.6. The van der Waals surface area contributed by atoms with E-state index in [0.717, 1.165) is 18.4 Å². The van der Waals surface area contributed by atoms with Crippen LogP contribution in [0.2, 0.25) is 0 Å². The lowest BCUT2D eigenvalue weighted by molar-refractivity contribution is 0.402. The van der Waals surface area contributed by atoms with Gasteiger partial charge in [0.05, 0.1) is 0 Å². The smallest absolute Gasteiger partial charge is 0.211 e. The van der Waals surface area contributed by atoms with Gasteiger partial charge in [-0.15, -0.1) is 0 Å². The third kappa shape index (κ3) is 2.84. The second-order valence-corrected chi connectivity index (χ2v) is 7.21. The highest BCUT2D eigenvalue weighted by atomic mass is 79.9. The highest BCUT2D eigenvalue weighted by molar-refractivity contribution is 9.10. The van der Waals surface area contributed by atoms with Crippen molar-refractivity contribution in [3.05, 3.63) is 35.9 Å². The molecule has 1 aliphatic rings. The summed E-state index contributed by atoms with van der Waals surface area (Å²) in [5, 5.41) is 0. The van der Waals surface area contributed by atoms with E-state index in [1.807, 2.05) is 30.3 Å². The molecule has 0 radical (unpaired) electrons. The lowest BCUT2D eigenvalue weighted by Gasteiger charge is -2.20. The molecule has 1 fully saturated rings. The van der Waals surface area contributed by atoms with Crippen LogP contribution >= 0.6 is 15.9 Å². The SMILES string of the molecule is O=S(=O)(CBr)N(Cc1ccccc1)C1CC1. The number of halogens is 1. The number of hydrogen-bond acceptors (Lipinski definition) is 2. The van der Waals surface area contributed by atoms with E-state index < -0.39 is 10.0 Å². The molecule has 0 bridgehead atoms. The van der Waals surface area contributed by atoms with Gasteiger partial charge in [0, 0.05) is 12.6 Å². The van der Waals surface area contributed by atoms with Gasteiger partial charge in [0.1, 0.15) is 4.66 Å². The van der Waals surface area contributed by atoms with Gasteiger partial charge < -0.3 is 0 Å². The second kappa shape index (κ2) is 4.85. The standard InChI is InChI=1S/C11H14BrNO2S/c12-9-16(14,15)13(11-6-7-11)8-10-4-2-1-3-5-10/h1-5,11H,6-9H2. The van der Waals surface area contributed by atoms with Crippen LogP contribution in [-0.2, 0) is 16.6 Å². The van der Waals surface area contributed by atoms with Crippen molar-refractivity contribution >= 4 is 26.0 Å². The first kappa shape index (κ1) is 12.1. The first-order chi connectivity index (χ1) is 7.63. The van der Waals surface area contributed by atoms with Crippen molar-refractivity contribution in [2.24, 2.45) is 0 Å². The maximum atomic E-state index is 11.9. The average molecular weight is 304 g/mol. The van der Waals surface area contributed by atoms with Gasteiger partial charge in [-0.2, -0.15) is 4.31 Å². The summed E-state index contributed by atoms with van der Waals surface area (Å²) in [5.74, 6) is 0. The fraction of sp³-hybridized carbons (Fsp3) is 0.455. The maximum Gasteiger partial charge on any atom is 0.224 e. The molecule has 1 saturated carbocycles. The van der Waals surface area contributed by atoms with Crippen LogP contribution in [-0.4, -0.2) is 23.4 Å². The van der Waals surface area contributed by atoms with Crippen molar-refractivity contribution in [1.29, 1.82) is 0 Å². The van der Waals surface area contributed by atoms with E-state index in [4.69, 9.17) is 0 Å². The van der Waals surface area contributed by atoms with Crippen LogP contribution in [0.25, 0.3) is 0 Å². The Balaban J connectivity index is 2.16. The van der Waals surface area contributed by atoms with Crippen molar-refractivity contribution in [3.63, 3.8) is 0 Å². The van der Waals surface area contributed by atoms with E-state index in [-0.39, 0.29) is 10.7 Å². The first-order valence-corrected chi connectivity index (χ1v) is 7.96. The van der Waals surface area contributed by atoms with Gasteiger partial charge >= 0.3 is 0 Å². The summed E-state index contributed by atoms with van der Waals surface area (Å²) < 4.78 is 25.3. The fourth-order valence-corrected chi connectivity index (χ4v) is 3.57. The van der Waals surface area contributed by atoms with Crippen molar-refractivity contribution < 1.29 is 8.42 Å². The monoisotopic (exact) mass is 303 g/mol. The Morgan fingerprint density at radius 3 is 2.38 bits per heavy atom. The summed E-state index contributed by atoms with van der Waals surface area (Å²) in [6, 6.07) is 9.92. The number of alkyl halides is 1. The van der Waals surface area contributed by atoms with E-state index >= 15 is 0 Å². The number of rotatable bonds is 5. The largest absolute Gasteiger partial charge is 0.224 e. The molecule has 1 aromatic carbocycles. The Morgan fingerprint density at radius 2 is 1.88 bits per heavy atom. The average Bonchev–Trinajstić information content (AvgIpc) is 3.11. The topological polar surface area (TPSA) is 37.4 Å². The fourth-order valence-electron chi connectivity index (χ4n) is 1.64. The highest BCUT2D eigenvalue weighted by Crippen LogP contribution is 2.31.